The van der Waals surface area contributed by atoms with Gasteiger partial charge in [0.05, 0.1) is 17.1 Å². The van der Waals surface area contributed by atoms with Gasteiger partial charge in [0.25, 0.3) is 5.91 Å². The number of nitrogens with one attached hydrogen (secondary N) is 1. The number of nitrogens with zero attached hydrogens (tertiary/aromatic N) is 5. The van der Waals surface area contributed by atoms with E-state index in [1.165, 1.54) is 0 Å². The van der Waals surface area contributed by atoms with Crippen LogP contribution in [0.1, 0.15) is 16.1 Å². The third-order valence-corrected chi connectivity index (χ3v) is 5.05. The first-order valence-electron chi connectivity index (χ1n) is 10.2. The highest BCUT2D eigenvalue weighted by Gasteiger charge is 2.15. The van der Waals surface area contributed by atoms with Gasteiger partial charge in [0.1, 0.15) is 0 Å². The van der Waals surface area contributed by atoms with Crippen LogP contribution >= 0.6 is 0 Å². The highest BCUT2D eigenvalue weighted by Crippen LogP contribution is 2.23. The average Bonchev–Trinajstić information content (AvgIpc) is 3.52. The molecule has 1 amide bonds. The lowest BCUT2D eigenvalue weighted by Gasteiger charge is -2.04. The lowest BCUT2D eigenvalue weighted by molar-refractivity contribution is 0.0945. The summed E-state index contributed by atoms with van der Waals surface area (Å²) in [7, 11) is 0. The van der Waals surface area contributed by atoms with Crippen LogP contribution in [-0.4, -0.2) is 30.5 Å². The SMILES string of the molecule is O=C(NCc1cn(-c2ccccc2)nc1-c1ccncc1)c1ccn(-c2ccccc2)n1. The Morgan fingerprint density at radius 2 is 1.44 bits per heavy atom. The molecule has 0 spiro atoms. The van der Waals surface area contributed by atoms with E-state index in [4.69, 9.17) is 5.10 Å². The Morgan fingerprint density at radius 1 is 0.781 bits per heavy atom. The lowest BCUT2D eigenvalue weighted by Crippen LogP contribution is -2.23. The molecule has 0 saturated heterocycles. The number of carbonyl (C=O) groups is 1. The second kappa shape index (κ2) is 8.69. The van der Waals surface area contributed by atoms with Gasteiger partial charge in [-0.15, -0.1) is 0 Å². The number of benzene rings is 2. The van der Waals surface area contributed by atoms with Crippen molar-refractivity contribution in [2.24, 2.45) is 0 Å². The highest BCUT2D eigenvalue weighted by molar-refractivity contribution is 5.92. The predicted molar refractivity (Wildman–Crippen MR) is 122 cm³/mol. The maximum Gasteiger partial charge on any atom is 0.272 e. The topological polar surface area (TPSA) is 77.6 Å². The van der Waals surface area contributed by atoms with Gasteiger partial charge in [-0.3, -0.25) is 9.78 Å². The van der Waals surface area contributed by atoms with Gasteiger partial charge in [0, 0.05) is 42.5 Å². The number of hydrogen-bond donors (Lipinski definition) is 1. The fraction of sp³-hybridized carbons (Fsp3) is 0.0400. The molecule has 0 saturated carbocycles. The Bertz CT molecular complexity index is 1330. The van der Waals surface area contributed by atoms with Crippen molar-refractivity contribution >= 4 is 5.91 Å². The second-order valence-corrected chi connectivity index (χ2v) is 7.18. The first-order valence-corrected chi connectivity index (χ1v) is 10.2. The van der Waals surface area contributed by atoms with Crippen LogP contribution in [-0.2, 0) is 6.54 Å². The molecule has 0 unspecified atom stereocenters. The number of pyridine rings is 1. The maximum atomic E-state index is 12.8. The van der Waals surface area contributed by atoms with Crippen LogP contribution in [0.25, 0.3) is 22.6 Å². The minimum absolute atomic E-state index is 0.243. The smallest absolute Gasteiger partial charge is 0.272 e. The molecule has 156 valence electrons. The molecular weight excluding hydrogens is 400 g/mol. The van der Waals surface area contributed by atoms with E-state index in [0.717, 1.165) is 28.2 Å². The Labute approximate surface area is 185 Å². The van der Waals surface area contributed by atoms with Crippen LogP contribution in [0.15, 0.2) is 104 Å². The Balaban J connectivity index is 1.38. The van der Waals surface area contributed by atoms with E-state index in [1.54, 1.807) is 29.3 Å². The zero-order valence-electron chi connectivity index (χ0n) is 17.2. The van der Waals surface area contributed by atoms with Gasteiger partial charge in [-0.1, -0.05) is 36.4 Å². The first-order chi connectivity index (χ1) is 15.8. The van der Waals surface area contributed by atoms with Gasteiger partial charge in [-0.05, 0) is 42.5 Å². The van der Waals surface area contributed by atoms with E-state index in [0.29, 0.717) is 12.2 Å². The molecule has 32 heavy (non-hydrogen) atoms. The number of aromatic nitrogens is 5. The monoisotopic (exact) mass is 420 g/mol. The molecule has 3 heterocycles. The van der Waals surface area contributed by atoms with Crippen molar-refractivity contribution in [2.45, 2.75) is 6.54 Å². The Kier molecular flexibility index (Phi) is 5.28. The number of rotatable bonds is 6. The van der Waals surface area contributed by atoms with Crippen molar-refractivity contribution in [3.8, 4) is 22.6 Å². The molecule has 0 aliphatic heterocycles. The molecule has 0 aliphatic carbocycles. The van der Waals surface area contributed by atoms with Gasteiger partial charge in [0.2, 0.25) is 0 Å². The number of carbonyl (C=O) groups excluding carboxylic acids is 1. The van der Waals surface area contributed by atoms with Crippen LogP contribution in [0.2, 0.25) is 0 Å². The molecule has 5 rings (SSSR count). The minimum atomic E-state index is -0.243. The van der Waals surface area contributed by atoms with E-state index in [-0.39, 0.29) is 5.91 Å². The second-order valence-electron chi connectivity index (χ2n) is 7.18. The molecule has 0 fully saturated rings. The summed E-state index contributed by atoms with van der Waals surface area (Å²) < 4.78 is 3.51. The summed E-state index contributed by atoms with van der Waals surface area (Å²) in [5.41, 5.74) is 4.84. The standard InChI is InChI=1S/C25H20N6O/c32-25(23-13-16-30(28-23)21-7-3-1-4-8-21)27-17-20-18-31(22-9-5-2-6-10-22)29-24(20)19-11-14-26-15-12-19/h1-16,18H,17H2,(H,27,32). The summed E-state index contributed by atoms with van der Waals surface area (Å²) in [5, 5.41) is 12.1. The van der Waals surface area contributed by atoms with Crippen molar-refractivity contribution in [2.75, 3.05) is 0 Å². The van der Waals surface area contributed by atoms with Crippen LogP contribution in [0.4, 0.5) is 0 Å². The summed E-state index contributed by atoms with van der Waals surface area (Å²) in [5.74, 6) is -0.243. The average molecular weight is 420 g/mol. The van der Waals surface area contributed by atoms with Crippen LogP contribution in [0.3, 0.4) is 0 Å². The minimum Gasteiger partial charge on any atom is -0.346 e. The van der Waals surface area contributed by atoms with E-state index >= 15 is 0 Å². The molecule has 3 aromatic heterocycles. The van der Waals surface area contributed by atoms with Gasteiger partial charge in [-0.2, -0.15) is 10.2 Å². The molecular formula is C25H20N6O. The van der Waals surface area contributed by atoms with Gasteiger partial charge in [0.15, 0.2) is 5.69 Å². The molecule has 0 atom stereocenters. The normalized spacial score (nSPS) is 10.8. The Morgan fingerprint density at radius 3 is 2.12 bits per heavy atom. The predicted octanol–water partition coefficient (Wildman–Crippen LogP) is 4.05. The van der Waals surface area contributed by atoms with Crippen molar-refractivity contribution in [3.63, 3.8) is 0 Å². The van der Waals surface area contributed by atoms with Gasteiger partial charge >= 0.3 is 0 Å². The van der Waals surface area contributed by atoms with E-state index in [9.17, 15) is 4.79 Å². The highest BCUT2D eigenvalue weighted by atomic mass is 16.1. The molecule has 0 radical (unpaired) electrons. The summed E-state index contributed by atoms with van der Waals surface area (Å²) >= 11 is 0. The van der Waals surface area contributed by atoms with Crippen molar-refractivity contribution in [3.05, 3.63) is 115 Å². The number of para-hydroxylation sites is 2. The first kappa shape index (κ1) is 19.4. The van der Waals surface area contributed by atoms with Crippen molar-refractivity contribution < 1.29 is 4.79 Å². The van der Waals surface area contributed by atoms with Gasteiger partial charge < -0.3 is 5.32 Å². The summed E-state index contributed by atoms with van der Waals surface area (Å²) in [6.07, 6.45) is 7.18. The molecule has 1 N–H and O–H groups in total. The zero-order chi connectivity index (χ0) is 21.8. The maximum absolute atomic E-state index is 12.8. The Hall–Kier alpha value is -4.52. The van der Waals surface area contributed by atoms with Crippen LogP contribution in [0.5, 0.6) is 0 Å². The largest absolute Gasteiger partial charge is 0.346 e. The molecule has 7 heteroatoms. The lowest BCUT2D eigenvalue weighted by atomic mass is 10.1. The zero-order valence-corrected chi connectivity index (χ0v) is 17.2. The number of amides is 1. The fourth-order valence-corrected chi connectivity index (χ4v) is 3.44. The molecule has 0 aliphatic rings. The van der Waals surface area contributed by atoms with E-state index in [1.807, 2.05) is 83.7 Å². The summed E-state index contributed by atoms with van der Waals surface area (Å²) in [6, 6.07) is 25.1. The quantitative estimate of drug-likeness (QED) is 0.450. The van der Waals surface area contributed by atoms with Crippen molar-refractivity contribution in [1.29, 1.82) is 0 Å². The summed E-state index contributed by atoms with van der Waals surface area (Å²) in [6.45, 7) is 0.321. The van der Waals surface area contributed by atoms with E-state index in [2.05, 4.69) is 15.4 Å². The summed E-state index contributed by atoms with van der Waals surface area (Å²) in [4.78, 5) is 16.9. The van der Waals surface area contributed by atoms with E-state index < -0.39 is 0 Å². The van der Waals surface area contributed by atoms with Gasteiger partial charge in [-0.25, -0.2) is 9.36 Å². The molecule has 7 nitrogen and oxygen atoms in total. The third kappa shape index (κ3) is 4.04. The van der Waals surface area contributed by atoms with Crippen LogP contribution in [0, 0.1) is 0 Å². The third-order valence-electron chi connectivity index (χ3n) is 5.05. The van der Waals surface area contributed by atoms with Crippen LogP contribution < -0.4 is 5.32 Å². The van der Waals surface area contributed by atoms with Crippen molar-refractivity contribution in [1.82, 2.24) is 29.9 Å². The molecule has 2 aromatic carbocycles. The molecule has 5 aromatic rings. The molecule has 0 bridgehead atoms. The number of hydrogen-bond acceptors (Lipinski definition) is 4. The fourth-order valence-electron chi connectivity index (χ4n) is 3.44.